The van der Waals surface area contributed by atoms with Crippen LogP contribution in [0.1, 0.15) is 33.1 Å². The van der Waals surface area contributed by atoms with E-state index in [0.717, 1.165) is 37.3 Å². The maximum atomic E-state index is 5.93. The van der Waals surface area contributed by atoms with Gasteiger partial charge in [-0.2, -0.15) is 26.7 Å². The molecule has 2 aliphatic heterocycles. The second-order valence-corrected chi connectivity index (χ2v) is 7.34. The predicted octanol–water partition coefficient (Wildman–Crippen LogP) is 1.77. The molecule has 2 aliphatic rings. The SMILES string of the molecule is CC1SCCN(c2nc(N)nc(N3CCCCC3)n2)C1C. The lowest BCUT2D eigenvalue weighted by atomic mass is 10.1. The van der Waals surface area contributed by atoms with E-state index < -0.39 is 0 Å². The third kappa shape index (κ3) is 3.17. The Balaban J connectivity index is 1.86. The van der Waals surface area contributed by atoms with Crippen LogP contribution >= 0.6 is 11.8 Å². The highest BCUT2D eigenvalue weighted by atomic mass is 32.2. The molecule has 6 nitrogen and oxygen atoms in total. The number of aromatic nitrogens is 3. The maximum absolute atomic E-state index is 5.93. The molecule has 21 heavy (non-hydrogen) atoms. The summed E-state index contributed by atoms with van der Waals surface area (Å²) in [5, 5.41) is 0.579. The number of nitrogen functional groups attached to an aromatic ring is 1. The third-order valence-electron chi connectivity index (χ3n) is 4.41. The molecule has 3 rings (SSSR count). The predicted molar refractivity (Wildman–Crippen MR) is 89.0 cm³/mol. The zero-order valence-electron chi connectivity index (χ0n) is 12.8. The van der Waals surface area contributed by atoms with Gasteiger partial charge in [-0.25, -0.2) is 0 Å². The number of hydrogen-bond acceptors (Lipinski definition) is 7. The maximum Gasteiger partial charge on any atom is 0.232 e. The summed E-state index contributed by atoms with van der Waals surface area (Å²) in [6.45, 7) is 7.50. The van der Waals surface area contributed by atoms with E-state index in [4.69, 9.17) is 10.7 Å². The van der Waals surface area contributed by atoms with Crippen LogP contribution < -0.4 is 15.5 Å². The van der Waals surface area contributed by atoms with E-state index in [1.54, 1.807) is 0 Å². The smallest absolute Gasteiger partial charge is 0.232 e. The van der Waals surface area contributed by atoms with Crippen molar-refractivity contribution in [2.45, 2.75) is 44.4 Å². The second kappa shape index (κ2) is 6.25. The Morgan fingerprint density at radius 3 is 2.48 bits per heavy atom. The molecule has 116 valence electrons. The van der Waals surface area contributed by atoms with E-state index in [0.29, 0.717) is 17.2 Å². The molecular formula is C14H24N6S. The molecule has 0 amide bonds. The van der Waals surface area contributed by atoms with Crippen molar-refractivity contribution < 1.29 is 0 Å². The van der Waals surface area contributed by atoms with Crippen LogP contribution in [0.5, 0.6) is 0 Å². The van der Waals surface area contributed by atoms with E-state index in [9.17, 15) is 0 Å². The van der Waals surface area contributed by atoms with Crippen LogP contribution in [0.25, 0.3) is 0 Å². The zero-order valence-corrected chi connectivity index (χ0v) is 13.6. The molecule has 3 heterocycles. The summed E-state index contributed by atoms with van der Waals surface area (Å²) in [6, 6.07) is 0.416. The molecule has 1 aromatic heterocycles. The minimum Gasteiger partial charge on any atom is -0.368 e. The lowest BCUT2D eigenvalue weighted by Gasteiger charge is -2.37. The van der Waals surface area contributed by atoms with Gasteiger partial charge in [-0.05, 0) is 26.2 Å². The average Bonchev–Trinajstić information content (AvgIpc) is 2.50. The van der Waals surface area contributed by atoms with Crippen LogP contribution in [0.2, 0.25) is 0 Å². The lowest BCUT2D eigenvalue weighted by Crippen LogP contribution is -2.46. The lowest BCUT2D eigenvalue weighted by molar-refractivity contribution is 0.564. The van der Waals surface area contributed by atoms with Crippen molar-refractivity contribution in [1.82, 2.24) is 15.0 Å². The first-order chi connectivity index (χ1) is 10.1. The Hall–Kier alpha value is -1.24. The fourth-order valence-corrected chi connectivity index (χ4v) is 4.05. The molecule has 0 saturated carbocycles. The van der Waals surface area contributed by atoms with E-state index in [1.807, 2.05) is 11.8 Å². The minimum absolute atomic E-state index is 0.332. The number of nitrogens with two attached hydrogens (primary N) is 1. The first-order valence-electron chi connectivity index (χ1n) is 7.80. The summed E-state index contributed by atoms with van der Waals surface area (Å²) in [7, 11) is 0. The van der Waals surface area contributed by atoms with Crippen LogP contribution in [0.4, 0.5) is 17.8 Å². The largest absolute Gasteiger partial charge is 0.368 e. The zero-order chi connectivity index (χ0) is 14.8. The molecule has 2 unspecified atom stereocenters. The highest BCUT2D eigenvalue weighted by Gasteiger charge is 2.28. The molecular weight excluding hydrogens is 284 g/mol. The normalized spacial score (nSPS) is 27.0. The van der Waals surface area contributed by atoms with Gasteiger partial charge in [0.2, 0.25) is 17.8 Å². The highest BCUT2D eigenvalue weighted by Crippen LogP contribution is 2.28. The summed E-state index contributed by atoms with van der Waals surface area (Å²) in [4.78, 5) is 17.9. The molecule has 0 bridgehead atoms. The summed E-state index contributed by atoms with van der Waals surface area (Å²) >= 11 is 2.01. The van der Waals surface area contributed by atoms with Crippen molar-refractivity contribution in [3.05, 3.63) is 0 Å². The fourth-order valence-electron chi connectivity index (χ4n) is 2.95. The highest BCUT2D eigenvalue weighted by molar-refractivity contribution is 8.00. The fraction of sp³-hybridized carbons (Fsp3) is 0.786. The standard InChI is InChI=1S/C14H24N6S/c1-10-11(2)21-9-8-20(10)14-17-12(15)16-13(18-14)19-6-4-3-5-7-19/h10-11H,3-9H2,1-2H3,(H2,15,16,17,18). The summed E-state index contributed by atoms with van der Waals surface area (Å²) in [6.07, 6.45) is 3.70. The van der Waals surface area contributed by atoms with E-state index >= 15 is 0 Å². The summed E-state index contributed by atoms with van der Waals surface area (Å²) in [5.74, 6) is 2.92. The minimum atomic E-state index is 0.332. The molecule has 0 spiro atoms. The molecule has 7 heteroatoms. The molecule has 0 aliphatic carbocycles. The first-order valence-corrected chi connectivity index (χ1v) is 8.85. The summed E-state index contributed by atoms with van der Waals surface area (Å²) in [5.41, 5.74) is 5.93. The van der Waals surface area contributed by atoms with Crippen molar-refractivity contribution in [3.63, 3.8) is 0 Å². The average molecular weight is 308 g/mol. The van der Waals surface area contributed by atoms with Crippen LogP contribution in [0.3, 0.4) is 0 Å². The Labute approximate surface area is 130 Å². The molecule has 2 atom stereocenters. The summed E-state index contributed by atoms with van der Waals surface area (Å²) < 4.78 is 0. The van der Waals surface area contributed by atoms with Crippen LogP contribution in [0, 0.1) is 0 Å². The topological polar surface area (TPSA) is 71.2 Å². The van der Waals surface area contributed by atoms with Crippen molar-refractivity contribution in [2.75, 3.05) is 40.9 Å². The third-order valence-corrected chi connectivity index (χ3v) is 5.75. The number of thioether (sulfide) groups is 1. The Bertz CT molecular complexity index is 490. The first kappa shape index (κ1) is 14.7. The van der Waals surface area contributed by atoms with Gasteiger partial charge < -0.3 is 15.5 Å². The van der Waals surface area contributed by atoms with Gasteiger partial charge in [-0.1, -0.05) is 6.92 Å². The number of piperidine rings is 1. The number of hydrogen-bond donors (Lipinski definition) is 1. The van der Waals surface area contributed by atoms with Crippen LogP contribution in [-0.4, -0.2) is 51.6 Å². The molecule has 2 N–H and O–H groups in total. The van der Waals surface area contributed by atoms with Gasteiger partial charge in [0.1, 0.15) is 0 Å². The van der Waals surface area contributed by atoms with Gasteiger partial charge in [0.15, 0.2) is 0 Å². The van der Waals surface area contributed by atoms with E-state index in [-0.39, 0.29) is 0 Å². The molecule has 2 fully saturated rings. The van der Waals surface area contributed by atoms with Crippen molar-refractivity contribution in [1.29, 1.82) is 0 Å². The Kier molecular flexibility index (Phi) is 4.37. The second-order valence-electron chi connectivity index (χ2n) is 5.85. The van der Waals surface area contributed by atoms with Gasteiger partial charge >= 0.3 is 0 Å². The molecule has 0 aromatic carbocycles. The molecule has 2 saturated heterocycles. The molecule has 0 radical (unpaired) electrons. The number of rotatable bonds is 2. The van der Waals surface area contributed by atoms with Gasteiger partial charge in [0.25, 0.3) is 0 Å². The monoisotopic (exact) mass is 308 g/mol. The van der Waals surface area contributed by atoms with Gasteiger partial charge in [0.05, 0.1) is 0 Å². The van der Waals surface area contributed by atoms with Crippen LogP contribution in [-0.2, 0) is 0 Å². The van der Waals surface area contributed by atoms with Crippen molar-refractivity contribution >= 4 is 29.6 Å². The molecule has 1 aromatic rings. The van der Waals surface area contributed by atoms with E-state index in [1.165, 1.54) is 19.3 Å². The Morgan fingerprint density at radius 2 is 1.71 bits per heavy atom. The van der Waals surface area contributed by atoms with Crippen molar-refractivity contribution in [3.8, 4) is 0 Å². The van der Waals surface area contributed by atoms with Crippen molar-refractivity contribution in [2.24, 2.45) is 0 Å². The van der Waals surface area contributed by atoms with Gasteiger partial charge in [0, 0.05) is 36.7 Å². The Morgan fingerprint density at radius 1 is 1.00 bits per heavy atom. The van der Waals surface area contributed by atoms with Gasteiger partial charge in [-0.3, -0.25) is 0 Å². The number of nitrogens with zero attached hydrogens (tertiary/aromatic N) is 5. The van der Waals surface area contributed by atoms with Gasteiger partial charge in [-0.15, -0.1) is 0 Å². The quantitative estimate of drug-likeness (QED) is 0.892. The van der Waals surface area contributed by atoms with Crippen LogP contribution in [0.15, 0.2) is 0 Å². The van der Waals surface area contributed by atoms with E-state index in [2.05, 4.69) is 33.6 Å². The number of anilines is 3.